The van der Waals surface area contributed by atoms with E-state index in [9.17, 15) is 40.2 Å². The largest absolute Gasteiger partial charge is 0.457 e. The maximum absolute atomic E-state index is 14.5. The molecule has 0 heterocycles. The van der Waals surface area contributed by atoms with Crippen molar-refractivity contribution in [2.24, 2.45) is 0 Å². The number of aliphatic hydroxyl groups is 1. The van der Waals surface area contributed by atoms with Crippen LogP contribution in [0, 0.1) is 17.1 Å². The summed E-state index contributed by atoms with van der Waals surface area (Å²) in [6.07, 6.45) is -3.61. The fraction of sp³-hybridized carbons (Fsp3) is 0.278. The first kappa shape index (κ1) is 19.4. The molecule has 1 N–H and O–H groups in total. The molecule has 152 valence electrons. The molecule has 0 radical (unpaired) electrons. The summed E-state index contributed by atoms with van der Waals surface area (Å²) in [6.45, 7) is 0. The molecule has 0 aliphatic heterocycles. The zero-order valence-electron chi connectivity index (χ0n) is 13.8. The number of hydrogen-bond donors (Lipinski definition) is 1. The van der Waals surface area contributed by atoms with Crippen LogP contribution in [0.4, 0.5) is 35.1 Å². The van der Waals surface area contributed by atoms with Crippen molar-refractivity contribution in [2.75, 3.05) is 0 Å². The molecular weight excluding hydrogens is 414 g/mol. The highest BCUT2D eigenvalue weighted by atomic mass is 19.3. The molecule has 2 unspecified atom stereocenters. The summed E-state index contributed by atoms with van der Waals surface area (Å²) in [5.74, 6) is -18.6. The van der Waals surface area contributed by atoms with E-state index in [1.807, 2.05) is 0 Å². The maximum atomic E-state index is 14.5. The Morgan fingerprint density at radius 1 is 1.03 bits per heavy atom. The van der Waals surface area contributed by atoms with Gasteiger partial charge in [0.05, 0.1) is 11.6 Å². The molecule has 29 heavy (non-hydrogen) atoms. The first-order valence-electron chi connectivity index (χ1n) is 7.87. The highest BCUT2D eigenvalue weighted by molar-refractivity contribution is 5.62. The molecule has 2 aliphatic rings. The van der Waals surface area contributed by atoms with Gasteiger partial charge in [-0.15, -0.1) is 0 Å². The van der Waals surface area contributed by atoms with Crippen LogP contribution >= 0.6 is 0 Å². The van der Waals surface area contributed by atoms with Crippen LogP contribution in [0.1, 0.15) is 28.4 Å². The number of benzene rings is 2. The van der Waals surface area contributed by atoms with Crippen molar-refractivity contribution in [3.05, 3.63) is 58.4 Å². The Bertz CT molecular complexity index is 1090. The summed E-state index contributed by atoms with van der Waals surface area (Å²) in [5, 5.41) is 18.8. The average Bonchev–Trinajstić information content (AvgIpc) is 2.87. The number of rotatable bonds is 2. The lowest BCUT2D eigenvalue weighted by atomic mass is 9.91. The number of nitriles is 1. The van der Waals surface area contributed by atoms with Crippen molar-refractivity contribution < 1.29 is 45.0 Å². The fourth-order valence-electron chi connectivity index (χ4n) is 3.70. The van der Waals surface area contributed by atoms with E-state index in [2.05, 4.69) is 0 Å². The molecule has 2 aromatic rings. The molecule has 3 nitrogen and oxygen atoms in total. The van der Waals surface area contributed by atoms with Gasteiger partial charge >= 0.3 is 17.8 Å². The van der Waals surface area contributed by atoms with Crippen molar-refractivity contribution in [1.29, 1.82) is 5.26 Å². The molecule has 0 aromatic heterocycles. The minimum absolute atomic E-state index is 0.269. The van der Waals surface area contributed by atoms with Crippen molar-refractivity contribution in [3.8, 4) is 17.6 Å². The minimum atomic E-state index is -5.72. The Morgan fingerprint density at radius 2 is 1.69 bits per heavy atom. The van der Waals surface area contributed by atoms with Crippen LogP contribution in [0.3, 0.4) is 0 Å². The van der Waals surface area contributed by atoms with Gasteiger partial charge in [0, 0.05) is 22.8 Å². The van der Waals surface area contributed by atoms with E-state index in [0.717, 1.165) is 12.1 Å². The minimum Gasteiger partial charge on any atom is -0.457 e. The van der Waals surface area contributed by atoms with Gasteiger partial charge in [0.15, 0.2) is 6.17 Å². The highest BCUT2D eigenvalue weighted by Gasteiger charge is 2.88. The van der Waals surface area contributed by atoms with Gasteiger partial charge in [0.1, 0.15) is 17.3 Å². The van der Waals surface area contributed by atoms with Crippen molar-refractivity contribution in [3.63, 3.8) is 0 Å². The number of halogens is 8. The molecule has 11 heteroatoms. The number of hydrogen-bond acceptors (Lipinski definition) is 3. The molecular formula is C18H7F8NO2. The summed E-state index contributed by atoms with van der Waals surface area (Å²) >= 11 is 0. The average molecular weight is 421 g/mol. The molecule has 0 amide bonds. The first-order chi connectivity index (χ1) is 13.3. The van der Waals surface area contributed by atoms with Crippen LogP contribution in [-0.2, 0) is 11.5 Å². The highest BCUT2D eigenvalue weighted by Crippen LogP contribution is 2.73. The Kier molecular flexibility index (Phi) is 3.61. The Balaban J connectivity index is 1.96. The smallest absolute Gasteiger partial charge is 0.352 e. The molecule has 0 fully saturated rings. The van der Waals surface area contributed by atoms with Gasteiger partial charge in [-0.05, 0) is 24.3 Å². The van der Waals surface area contributed by atoms with E-state index in [0.29, 0.717) is 18.2 Å². The molecule has 2 aromatic carbocycles. The van der Waals surface area contributed by atoms with E-state index in [4.69, 9.17) is 10.00 Å². The van der Waals surface area contributed by atoms with E-state index < -0.39 is 63.5 Å². The van der Waals surface area contributed by atoms with Gasteiger partial charge in [-0.2, -0.15) is 31.6 Å². The van der Waals surface area contributed by atoms with Crippen LogP contribution in [0.2, 0.25) is 0 Å². The van der Waals surface area contributed by atoms with Crippen LogP contribution < -0.4 is 4.74 Å². The number of ether oxygens (including phenoxy) is 1. The van der Waals surface area contributed by atoms with Crippen molar-refractivity contribution in [1.82, 2.24) is 0 Å². The first-order valence-corrected chi connectivity index (χ1v) is 7.87. The Hall–Kier alpha value is -2.87. The lowest BCUT2D eigenvalue weighted by Gasteiger charge is -2.35. The lowest BCUT2D eigenvalue weighted by molar-refractivity contribution is -0.347. The fourth-order valence-corrected chi connectivity index (χ4v) is 3.70. The van der Waals surface area contributed by atoms with Gasteiger partial charge in [0.2, 0.25) is 5.60 Å². The van der Waals surface area contributed by atoms with E-state index in [1.165, 1.54) is 0 Å². The molecule has 0 bridgehead atoms. The maximum Gasteiger partial charge on any atom is 0.352 e. The Labute approximate surface area is 156 Å². The number of alkyl halides is 7. The van der Waals surface area contributed by atoms with Crippen molar-refractivity contribution in [2.45, 2.75) is 29.5 Å². The van der Waals surface area contributed by atoms with E-state index in [-0.39, 0.29) is 5.56 Å². The molecule has 0 saturated heterocycles. The van der Waals surface area contributed by atoms with E-state index in [1.54, 1.807) is 6.07 Å². The molecule has 4 rings (SSSR count). The van der Waals surface area contributed by atoms with Gasteiger partial charge in [0.25, 0.3) is 0 Å². The predicted octanol–water partition coefficient (Wildman–Crippen LogP) is 5.08. The van der Waals surface area contributed by atoms with Gasteiger partial charge < -0.3 is 9.84 Å². The summed E-state index contributed by atoms with van der Waals surface area (Å²) in [5.41, 5.74) is -9.81. The van der Waals surface area contributed by atoms with Crippen LogP contribution in [0.25, 0.3) is 0 Å². The van der Waals surface area contributed by atoms with Gasteiger partial charge in [-0.3, -0.25) is 0 Å². The third kappa shape index (κ3) is 2.04. The standard InChI is InChI=1S/C18H7F8NO2/c19-8-3-7(6-27)4-9(5-8)29-11-2-1-10-13-12(11)14(20)17(23,24)15(13,28)18(25,26)16(10,21)22/h1-5,14,28H. The summed E-state index contributed by atoms with van der Waals surface area (Å²) in [4.78, 5) is 0. The monoisotopic (exact) mass is 421 g/mol. The quantitative estimate of drug-likeness (QED) is 0.689. The normalized spacial score (nSPS) is 27.4. The third-order valence-electron chi connectivity index (χ3n) is 5.04. The summed E-state index contributed by atoms with van der Waals surface area (Å²) < 4.78 is 118. The lowest BCUT2D eigenvalue weighted by Crippen LogP contribution is -2.58. The Morgan fingerprint density at radius 3 is 2.31 bits per heavy atom. The second-order valence-corrected chi connectivity index (χ2v) is 6.63. The van der Waals surface area contributed by atoms with Gasteiger partial charge in [-0.1, -0.05) is 0 Å². The zero-order chi connectivity index (χ0) is 21.6. The third-order valence-corrected chi connectivity index (χ3v) is 5.04. The summed E-state index contributed by atoms with van der Waals surface area (Å²) in [7, 11) is 0. The number of nitrogens with zero attached hydrogens (tertiary/aromatic N) is 1. The molecule has 0 spiro atoms. The molecule has 2 aliphatic carbocycles. The summed E-state index contributed by atoms with van der Waals surface area (Å²) in [6, 6.07) is 4.81. The molecule has 0 saturated carbocycles. The van der Waals surface area contributed by atoms with E-state index >= 15 is 0 Å². The van der Waals surface area contributed by atoms with Crippen molar-refractivity contribution >= 4 is 0 Å². The topological polar surface area (TPSA) is 53.2 Å². The predicted molar refractivity (Wildman–Crippen MR) is 79.2 cm³/mol. The van der Waals surface area contributed by atoms with Gasteiger partial charge in [-0.25, -0.2) is 8.78 Å². The zero-order valence-corrected chi connectivity index (χ0v) is 13.8. The SMILES string of the molecule is N#Cc1cc(F)cc(Oc2ccc3c4c2C(F)C(F)(F)C4(O)C(F)(F)C3(F)F)c1. The van der Waals surface area contributed by atoms with Crippen LogP contribution in [0.5, 0.6) is 11.5 Å². The van der Waals surface area contributed by atoms with Crippen LogP contribution in [-0.4, -0.2) is 17.0 Å². The second-order valence-electron chi connectivity index (χ2n) is 6.63. The van der Waals surface area contributed by atoms with Crippen LogP contribution in [0.15, 0.2) is 30.3 Å². The second kappa shape index (κ2) is 5.38. The molecule has 2 atom stereocenters.